The van der Waals surface area contributed by atoms with Crippen molar-refractivity contribution in [2.45, 2.75) is 0 Å². The van der Waals surface area contributed by atoms with Crippen molar-refractivity contribution in [3.8, 4) is 0 Å². The minimum absolute atomic E-state index is 0.259. The first kappa shape index (κ1) is 19.2. The molecule has 1 aliphatic heterocycles. The molecule has 29 heavy (non-hydrogen) atoms. The van der Waals surface area contributed by atoms with Gasteiger partial charge in [-0.1, -0.05) is 60.1 Å². The van der Waals surface area contributed by atoms with Gasteiger partial charge in [-0.3, -0.25) is 19.3 Å². The number of amides is 3. The van der Waals surface area contributed by atoms with Gasteiger partial charge in [0.15, 0.2) is 0 Å². The summed E-state index contributed by atoms with van der Waals surface area (Å²) in [5, 5.41) is 4.73. The van der Waals surface area contributed by atoms with E-state index in [0.717, 1.165) is 27.4 Å². The summed E-state index contributed by atoms with van der Waals surface area (Å²) in [7, 11) is 0. The lowest BCUT2D eigenvalue weighted by Crippen LogP contribution is -2.36. The molecule has 4 rings (SSSR count). The Morgan fingerprint density at radius 2 is 1.79 bits per heavy atom. The number of hydrogen-bond donors (Lipinski definition) is 1. The van der Waals surface area contributed by atoms with Crippen LogP contribution in [0.15, 0.2) is 71.6 Å². The molecule has 0 aromatic heterocycles. The third-order valence-corrected chi connectivity index (χ3v) is 5.53. The van der Waals surface area contributed by atoms with Crippen LogP contribution < -0.4 is 5.32 Å². The smallest absolute Gasteiger partial charge is 0.294 e. The van der Waals surface area contributed by atoms with Gasteiger partial charge in [0, 0.05) is 16.1 Å². The van der Waals surface area contributed by atoms with Gasteiger partial charge in [-0.05, 0) is 47.0 Å². The summed E-state index contributed by atoms with van der Waals surface area (Å²) in [5.74, 6) is -0.930. The van der Waals surface area contributed by atoms with Crippen molar-refractivity contribution >= 4 is 63.0 Å². The van der Waals surface area contributed by atoms with Crippen molar-refractivity contribution in [1.29, 1.82) is 0 Å². The van der Waals surface area contributed by atoms with Crippen molar-refractivity contribution in [1.82, 2.24) is 4.90 Å². The maximum absolute atomic E-state index is 12.6. The molecule has 144 valence electrons. The zero-order valence-electron chi connectivity index (χ0n) is 15.1. The Hall–Kier alpha value is -3.09. The fourth-order valence-corrected chi connectivity index (χ4v) is 4.09. The normalized spacial score (nSPS) is 15.3. The molecule has 1 heterocycles. The van der Waals surface area contributed by atoms with Gasteiger partial charge in [0.1, 0.15) is 6.54 Å². The Balaban J connectivity index is 1.49. The largest absolute Gasteiger partial charge is 0.324 e. The molecule has 0 unspecified atom stereocenters. The van der Waals surface area contributed by atoms with Crippen LogP contribution in [0.2, 0.25) is 5.02 Å². The topological polar surface area (TPSA) is 66.5 Å². The van der Waals surface area contributed by atoms with E-state index in [9.17, 15) is 14.4 Å². The van der Waals surface area contributed by atoms with Gasteiger partial charge in [0.05, 0.1) is 4.91 Å². The summed E-state index contributed by atoms with van der Waals surface area (Å²) in [6, 6.07) is 20.2. The molecule has 0 atom stereocenters. The van der Waals surface area contributed by atoms with Crippen LogP contribution in [0.5, 0.6) is 0 Å². The lowest BCUT2D eigenvalue weighted by Gasteiger charge is -2.13. The first-order chi connectivity index (χ1) is 14.0. The molecule has 3 aromatic rings. The molecule has 0 spiro atoms. The van der Waals surface area contributed by atoms with Crippen molar-refractivity contribution in [2.24, 2.45) is 0 Å². The number of carbonyl (C=O) groups excluding carboxylic acids is 3. The zero-order chi connectivity index (χ0) is 20.4. The van der Waals surface area contributed by atoms with E-state index in [1.807, 2.05) is 36.4 Å². The SMILES string of the molecule is O=C(CN1C(=O)S/C(=C/c2cccc(Cl)c2)C1=O)Nc1cccc2ccccc12. The van der Waals surface area contributed by atoms with E-state index in [-0.39, 0.29) is 11.4 Å². The third kappa shape index (κ3) is 4.18. The summed E-state index contributed by atoms with van der Waals surface area (Å²) < 4.78 is 0. The second-order valence-electron chi connectivity index (χ2n) is 6.40. The van der Waals surface area contributed by atoms with Gasteiger partial charge in [0.2, 0.25) is 5.91 Å². The average molecular weight is 423 g/mol. The molecule has 5 nitrogen and oxygen atoms in total. The van der Waals surface area contributed by atoms with Gasteiger partial charge < -0.3 is 5.32 Å². The number of imide groups is 1. The number of benzene rings is 3. The number of nitrogens with zero attached hydrogens (tertiary/aromatic N) is 1. The summed E-state index contributed by atoms with van der Waals surface area (Å²) in [4.78, 5) is 38.6. The Morgan fingerprint density at radius 3 is 2.62 bits per heavy atom. The van der Waals surface area contributed by atoms with Crippen LogP contribution >= 0.6 is 23.4 Å². The molecule has 0 bridgehead atoms. The van der Waals surface area contributed by atoms with E-state index < -0.39 is 17.1 Å². The standard InChI is InChI=1S/C22H15ClN2O3S/c23-16-8-3-5-14(11-16)12-19-21(27)25(22(28)29-19)13-20(26)24-18-10-4-7-15-6-1-2-9-17(15)18/h1-12H,13H2,(H,24,26)/b19-12+. The van der Waals surface area contributed by atoms with E-state index in [1.165, 1.54) is 0 Å². The highest BCUT2D eigenvalue weighted by Crippen LogP contribution is 2.32. The summed E-state index contributed by atoms with van der Waals surface area (Å²) in [6.45, 7) is -0.346. The number of hydrogen-bond acceptors (Lipinski definition) is 4. The third-order valence-electron chi connectivity index (χ3n) is 4.39. The minimum atomic E-state index is -0.493. The van der Waals surface area contributed by atoms with Crippen molar-refractivity contribution in [3.05, 3.63) is 82.2 Å². The highest BCUT2D eigenvalue weighted by atomic mass is 35.5. The fraction of sp³-hybridized carbons (Fsp3) is 0.0455. The Kier molecular flexibility index (Phi) is 5.38. The van der Waals surface area contributed by atoms with E-state index in [0.29, 0.717) is 16.3 Å². The molecule has 0 saturated carbocycles. The maximum atomic E-state index is 12.6. The Bertz CT molecular complexity index is 1170. The second kappa shape index (κ2) is 8.11. The Morgan fingerprint density at radius 1 is 1.03 bits per heavy atom. The number of anilines is 1. The lowest BCUT2D eigenvalue weighted by molar-refractivity contribution is -0.127. The molecule has 3 aromatic carbocycles. The molecule has 0 aliphatic carbocycles. The number of nitrogens with one attached hydrogen (secondary N) is 1. The van der Waals surface area contributed by atoms with Crippen molar-refractivity contribution < 1.29 is 14.4 Å². The van der Waals surface area contributed by atoms with Crippen LogP contribution in [0.4, 0.5) is 10.5 Å². The number of fused-ring (bicyclic) bond motifs is 1. The molecular weight excluding hydrogens is 408 g/mol. The van der Waals surface area contributed by atoms with Crippen molar-refractivity contribution in [2.75, 3.05) is 11.9 Å². The quantitative estimate of drug-likeness (QED) is 0.589. The number of thioether (sulfide) groups is 1. The molecule has 0 radical (unpaired) electrons. The predicted octanol–water partition coefficient (Wildman–Crippen LogP) is 5.17. The van der Waals surface area contributed by atoms with Gasteiger partial charge >= 0.3 is 0 Å². The molecular formula is C22H15ClN2O3S. The zero-order valence-corrected chi connectivity index (χ0v) is 16.7. The monoisotopic (exact) mass is 422 g/mol. The summed E-state index contributed by atoms with van der Waals surface area (Å²) in [6.07, 6.45) is 1.60. The average Bonchev–Trinajstić information content (AvgIpc) is 2.96. The van der Waals surface area contributed by atoms with Crippen LogP contribution in [0.1, 0.15) is 5.56 Å². The molecule has 1 aliphatic rings. The van der Waals surface area contributed by atoms with E-state index in [4.69, 9.17) is 11.6 Å². The molecule has 1 fully saturated rings. The number of halogens is 1. The van der Waals surface area contributed by atoms with Gasteiger partial charge in [-0.15, -0.1) is 0 Å². The van der Waals surface area contributed by atoms with Gasteiger partial charge in [-0.25, -0.2) is 0 Å². The Labute approximate surface area is 176 Å². The van der Waals surface area contributed by atoms with Crippen LogP contribution in [0, 0.1) is 0 Å². The molecule has 7 heteroatoms. The van der Waals surface area contributed by atoms with E-state index in [2.05, 4.69) is 5.32 Å². The van der Waals surface area contributed by atoms with Gasteiger partial charge in [-0.2, -0.15) is 0 Å². The minimum Gasteiger partial charge on any atom is -0.324 e. The first-order valence-electron chi connectivity index (χ1n) is 8.80. The second-order valence-corrected chi connectivity index (χ2v) is 7.83. The van der Waals surface area contributed by atoms with E-state index in [1.54, 1.807) is 36.4 Å². The van der Waals surface area contributed by atoms with Crippen LogP contribution in [0.25, 0.3) is 16.8 Å². The highest BCUT2D eigenvalue weighted by Gasteiger charge is 2.36. The maximum Gasteiger partial charge on any atom is 0.294 e. The molecule has 3 amide bonds. The predicted molar refractivity (Wildman–Crippen MR) is 117 cm³/mol. The van der Waals surface area contributed by atoms with Crippen LogP contribution in [0.3, 0.4) is 0 Å². The number of carbonyl (C=O) groups is 3. The first-order valence-corrected chi connectivity index (χ1v) is 9.99. The van der Waals surface area contributed by atoms with Crippen LogP contribution in [-0.2, 0) is 9.59 Å². The lowest BCUT2D eigenvalue weighted by atomic mass is 10.1. The fourth-order valence-electron chi connectivity index (χ4n) is 3.05. The summed E-state index contributed by atoms with van der Waals surface area (Å²) in [5.41, 5.74) is 1.35. The highest BCUT2D eigenvalue weighted by molar-refractivity contribution is 8.18. The van der Waals surface area contributed by atoms with Crippen LogP contribution in [-0.4, -0.2) is 28.5 Å². The molecule has 1 N–H and O–H groups in total. The summed E-state index contributed by atoms with van der Waals surface area (Å²) >= 11 is 6.77. The van der Waals surface area contributed by atoms with E-state index >= 15 is 0 Å². The van der Waals surface area contributed by atoms with Gasteiger partial charge in [0.25, 0.3) is 11.1 Å². The van der Waals surface area contributed by atoms with Crippen molar-refractivity contribution in [3.63, 3.8) is 0 Å². The number of rotatable bonds is 4. The molecule has 1 saturated heterocycles.